The predicted octanol–water partition coefficient (Wildman–Crippen LogP) is 8.95. The van der Waals surface area contributed by atoms with E-state index < -0.39 is 0 Å². The number of fused-ring (bicyclic) bond motifs is 1. The Bertz CT molecular complexity index is 719. The molecular formula is C30H46O3. The van der Waals surface area contributed by atoms with Crippen molar-refractivity contribution in [2.75, 3.05) is 6.61 Å². The van der Waals surface area contributed by atoms with Crippen LogP contribution in [0.4, 0.5) is 0 Å². The first-order valence-corrected chi connectivity index (χ1v) is 13.5. The summed E-state index contributed by atoms with van der Waals surface area (Å²) >= 11 is 0. The van der Waals surface area contributed by atoms with Gasteiger partial charge in [-0.1, -0.05) is 122 Å². The zero-order valence-electron chi connectivity index (χ0n) is 21.0. The van der Waals surface area contributed by atoms with Gasteiger partial charge < -0.3 is 9.47 Å². The van der Waals surface area contributed by atoms with Gasteiger partial charge in [-0.15, -0.1) is 0 Å². The van der Waals surface area contributed by atoms with Crippen LogP contribution < -0.4 is 4.74 Å². The molecule has 0 saturated carbocycles. The summed E-state index contributed by atoms with van der Waals surface area (Å²) in [5.41, 5.74) is 2.94. The molecule has 0 aliphatic carbocycles. The number of benzene rings is 1. The first kappa shape index (κ1) is 27.2. The lowest BCUT2D eigenvalue weighted by molar-refractivity contribution is -0.145. The number of ether oxygens (including phenoxy) is 2. The van der Waals surface area contributed by atoms with E-state index in [0.29, 0.717) is 19.6 Å². The Labute approximate surface area is 202 Å². The van der Waals surface area contributed by atoms with E-state index >= 15 is 0 Å². The molecule has 0 amide bonds. The number of rotatable bonds is 18. The predicted molar refractivity (Wildman–Crippen MR) is 139 cm³/mol. The Morgan fingerprint density at radius 1 is 0.848 bits per heavy atom. The molecule has 0 saturated heterocycles. The Hall–Kier alpha value is -2.03. The summed E-state index contributed by atoms with van der Waals surface area (Å²) < 4.78 is 11.2. The minimum Gasteiger partial charge on any atom is -0.488 e. The van der Waals surface area contributed by atoms with Crippen LogP contribution in [0.25, 0.3) is 6.08 Å². The molecule has 0 N–H and O–H groups in total. The molecule has 0 spiro atoms. The minimum atomic E-state index is -0.0974. The van der Waals surface area contributed by atoms with Crippen molar-refractivity contribution < 1.29 is 14.3 Å². The Morgan fingerprint density at radius 2 is 1.42 bits per heavy atom. The van der Waals surface area contributed by atoms with Crippen LogP contribution >= 0.6 is 0 Å². The van der Waals surface area contributed by atoms with Gasteiger partial charge in [-0.3, -0.25) is 4.79 Å². The highest BCUT2D eigenvalue weighted by molar-refractivity contribution is 5.69. The van der Waals surface area contributed by atoms with Gasteiger partial charge in [-0.2, -0.15) is 0 Å². The van der Waals surface area contributed by atoms with Crippen LogP contribution in [0.15, 0.2) is 36.4 Å². The average Bonchev–Trinajstić information content (AvgIpc) is 3.01. The van der Waals surface area contributed by atoms with Crippen molar-refractivity contribution in [2.24, 2.45) is 0 Å². The van der Waals surface area contributed by atoms with Gasteiger partial charge in [0.2, 0.25) is 0 Å². The maximum Gasteiger partial charge on any atom is 0.306 e. The third-order valence-electron chi connectivity index (χ3n) is 6.37. The molecule has 0 atom stereocenters. The number of carbonyl (C=O) groups is 1. The quantitative estimate of drug-likeness (QED) is 0.164. The summed E-state index contributed by atoms with van der Waals surface area (Å²) in [5.74, 6) is 0.748. The summed E-state index contributed by atoms with van der Waals surface area (Å²) in [6.07, 6.45) is 24.4. The summed E-state index contributed by atoms with van der Waals surface area (Å²) in [6, 6.07) is 5.92. The SMILES string of the molecule is C=C1C=Cc2cc(COC(=O)CCCCCCCCCCCCCCCCC)ccc2OC1. The van der Waals surface area contributed by atoms with Gasteiger partial charge in [0, 0.05) is 12.0 Å². The van der Waals surface area contributed by atoms with Gasteiger partial charge in [-0.25, -0.2) is 0 Å². The zero-order chi connectivity index (χ0) is 23.6. The van der Waals surface area contributed by atoms with Crippen LogP contribution in [0.1, 0.15) is 121 Å². The second-order valence-corrected chi connectivity index (χ2v) is 9.51. The van der Waals surface area contributed by atoms with Gasteiger partial charge in [0.05, 0.1) is 0 Å². The molecule has 1 aliphatic rings. The van der Waals surface area contributed by atoms with Crippen molar-refractivity contribution in [3.63, 3.8) is 0 Å². The summed E-state index contributed by atoms with van der Waals surface area (Å²) in [6.45, 7) is 7.04. The van der Waals surface area contributed by atoms with Crippen molar-refractivity contribution in [2.45, 2.75) is 116 Å². The number of carbonyl (C=O) groups excluding carboxylic acids is 1. The first-order valence-electron chi connectivity index (χ1n) is 13.5. The first-order chi connectivity index (χ1) is 16.2. The molecule has 3 heteroatoms. The number of unbranched alkanes of at least 4 members (excludes halogenated alkanes) is 14. The van der Waals surface area contributed by atoms with Crippen LogP contribution in [0.2, 0.25) is 0 Å². The van der Waals surface area contributed by atoms with E-state index in [1.54, 1.807) is 0 Å². The van der Waals surface area contributed by atoms with E-state index in [1.165, 1.54) is 83.5 Å². The van der Waals surface area contributed by atoms with Crippen LogP contribution in [-0.4, -0.2) is 12.6 Å². The van der Waals surface area contributed by atoms with E-state index in [2.05, 4.69) is 13.5 Å². The molecule has 1 aliphatic heterocycles. The van der Waals surface area contributed by atoms with E-state index in [0.717, 1.165) is 35.3 Å². The lowest BCUT2D eigenvalue weighted by atomic mass is 10.0. The maximum atomic E-state index is 12.1. The van der Waals surface area contributed by atoms with Gasteiger partial charge in [0.15, 0.2) is 0 Å². The van der Waals surface area contributed by atoms with Gasteiger partial charge in [0.1, 0.15) is 19.0 Å². The third-order valence-corrected chi connectivity index (χ3v) is 6.37. The molecule has 1 aromatic carbocycles. The molecule has 2 rings (SSSR count). The average molecular weight is 455 g/mol. The summed E-state index contributed by atoms with van der Waals surface area (Å²) in [7, 11) is 0. The molecule has 0 radical (unpaired) electrons. The highest BCUT2D eigenvalue weighted by Crippen LogP contribution is 2.25. The number of esters is 1. The molecular weight excluding hydrogens is 408 g/mol. The van der Waals surface area contributed by atoms with Gasteiger partial charge in [-0.05, 0) is 29.7 Å². The van der Waals surface area contributed by atoms with Crippen LogP contribution in [-0.2, 0) is 16.1 Å². The number of hydrogen-bond acceptors (Lipinski definition) is 3. The maximum absolute atomic E-state index is 12.1. The lowest BCUT2D eigenvalue weighted by Crippen LogP contribution is -2.04. The highest BCUT2D eigenvalue weighted by Gasteiger charge is 2.09. The fourth-order valence-corrected chi connectivity index (χ4v) is 4.25. The van der Waals surface area contributed by atoms with Gasteiger partial charge in [0.25, 0.3) is 0 Å². The summed E-state index contributed by atoms with van der Waals surface area (Å²) in [5, 5.41) is 0. The topological polar surface area (TPSA) is 35.5 Å². The molecule has 0 unspecified atom stereocenters. The van der Waals surface area contributed by atoms with E-state index in [-0.39, 0.29) is 5.97 Å². The Balaban J connectivity index is 1.41. The normalized spacial score (nSPS) is 12.8. The van der Waals surface area contributed by atoms with E-state index in [4.69, 9.17) is 9.47 Å². The van der Waals surface area contributed by atoms with E-state index in [9.17, 15) is 4.79 Å². The van der Waals surface area contributed by atoms with Crippen molar-refractivity contribution in [1.82, 2.24) is 0 Å². The molecule has 0 bridgehead atoms. The summed E-state index contributed by atoms with van der Waals surface area (Å²) in [4.78, 5) is 12.1. The molecule has 1 heterocycles. The molecule has 1 aromatic rings. The molecule has 0 aromatic heterocycles. The molecule has 184 valence electrons. The van der Waals surface area contributed by atoms with Crippen LogP contribution in [0, 0.1) is 0 Å². The van der Waals surface area contributed by atoms with Crippen molar-refractivity contribution >= 4 is 12.0 Å². The fourth-order valence-electron chi connectivity index (χ4n) is 4.25. The van der Waals surface area contributed by atoms with Gasteiger partial charge >= 0.3 is 5.97 Å². The van der Waals surface area contributed by atoms with Crippen LogP contribution in [0.3, 0.4) is 0 Å². The minimum absolute atomic E-state index is 0.0974. The monoisotopic (exact) mass is 454 g/mol. The van der Waals surface area contributed by atoms with E-state index in [1.807, 2.05) is 30.4 Å². The Kier molecular flexibility index (Phi) is 14.4. The second-order valence-electron chi connectivity index (χ2n) is 9.51. The fraction of sp³-hybridized carbons (Fsp3) is 0.633. The third kappa shape index (κ3) is 12.7. The molecule has 3 nitrogen and oxygen atoms in total. The lowest BCUT2D eigenvalue weighted by Gasteiger charge is -2.09. The smallest absolute Gasteiger partial charge is 0.306 e. The molecule has 0 fully saturated rings. The van der Waals surface area contributed by atoms with Crippen molar-refractivity contribution in [3.05, 3.63) is 47.6 Å². The van der Waals surface area contributed by atoms with Crippen molar-refractivity contribution in [3.8, 4) is 5.75 Å². The standard InChI is InChI=1S/C30H46O3/c1-3-4-5-6-7-8-9-10-11-12-13-14-15-16-17-18-30(31)33-25-27-20-22-29-28(23-27)21-19-26(2)24-32-29/h19-23H,2-18,24-25H2,1H3. The largest absolute Gasteiger partial charge is 0.488 e. The van der Waals surface area contributed by atoms with Crippen molar-refractivity contribution in [1.29, 1.82) is 0 Å². The Morgan fingerprint density at radius 3 is 2.03 bits per heavy atom. The number of hydrogen-bond donors (Lipinski definition) is 0. The zero-order valence-corrected chi connectivity index (χ0v) is 21.0. The second kappa shape index (κ2) is 17.4. The highest BCUT2D eigenvalue weighted by atomic mass is 16.5. The van der Waals surface area contributed by atoms with Crippen LogP contribution in [0.5, 0.6) is 5.75 Å². The molecule has 33 heavy (non-hydrogen) atoms.